The van der Waals surface area contributed by atoms with E-state index in [2.05, 4.69) is 74.5 Å². The monoisotopic (exact) mass is 268 g/mol. The number of benzene rings is 4. The van der Waals surface area contributed by atoms with Crippen LogP contribution < -0.4 is 0 Å². The molecular weight excluding hydrogens is 252 g/mol. The van der Waals surface area contributed by atoms with Crippen LogP contribution in [-0.2, 0) is 5.41 Å². The fourth-order valence-corrected chi connectivity index (χ4v) is 4.23. The molecule has 1 aliphatic rings. The van der Waals surface area contributed by atoms with Gasteiger partial charge in [-0.3, -0.25) is 0 Å². The van der Waals surface area contributed by atoms with Crippen LogP contribution in [0.25, 0.3) is 32.3 Å². The Morgan fingerprint density at radius 2 is 0.952 bits per heavy atom. The Labute approximate surface area is 124 Å². The van der Waals surface area contributed by atoms with E-state index in [1.54, 1.807) is 0 Å². The third kappa shape index (κ3) is 1.18. The van der Waals surface area contributed by atoms with E-state index in [4.69, 9.17) is 0 Å². The summed E-state index contributed by atoms with van der Waals surface area (Å²) in [4.78, 5) is 0. The third-order valence-electron chi connectivity index (χ3n) is 5.23. The van der Waals surface area contributed by atoms with Gasteiger partial charge in [-0.05, 0) is 43.4 Å². The SMILES string of the molecule is CC1(C)c2cccc3c4ccccc4c4cccc1c4c23. The molecule has 0 heterocycles. The fraction of sp³-hybridized carbons (Fsp3) is 0.143. The Morgan fingerprint density at radius 1 is 0.524 bits per heavy atom. The van der Waals surface area contributed by atoms with E-state index in [9.17, 15) is 0 Å². The molecular formula is C21H16. The zero-order chi connectivity index (χ0) is 14.2. The molecule has 0 heteroatoms. The zero-order valence-corrected chi connectivity index (χ0v) is 12.3. The maximum Gasteiger partial charge on any atom is 0.0159 e. The molecule has 0 amide bonds. The molecule has 0 nitrogen and oxygen atoms in total. The minimum absolute atomic E-state index is 0.0960. The van der Waals surface area contributed by atoms with Gasteiger partial charge in [0.25, 0.3) is 0 Å². The van der Waals surface area contributed by atoms with E-state index >= 15 is 0 Å². The predicted molar refractivity (Wildman–Crippen MR) is 91.1 cm³/mol. The van der Waals surface area contributed by atoms with E-state index in [-0.39, 0.29) is 5.41 Å². The Kier molecular flexibility index (Phi) is 1.87. The number of fused-ring (bicyclic) bond motifs is 3. The highest BCUT2D eigenvalue weighted by atomic mass is 14.4. The highest BCUT2D eigenvalue weighted by Gasteiger charge is 2.34. The first-order valence-corrected chi connectivity index (χ1v) is 7.57. The van der Waals surface area contributed by atoms with E-state index < -0.39 is 0 Å². The van der Waals surface area contributed by atoms with E-state index in [0.29, 0.717) is 0 Å². The lowest BCUT2D eigenvalue weighted by molar-refractivity contribution is 0.663. The average Bonchev–Trinajstić information content (AvgIpc) is 2.76. The van der Waals surface area contributed by atoms with Crippen LogP contribution in [0.5, 0.6) is 0 Å². The Bertz CT molecular complexity index is 967. The van der Waals surface area contributed by atoms with Crippen molar-refractivity contribution in [1.82, 2.24) is 0 Å². The topological polar surface area (TPSA) is 0 Å². The summed E-state index contributed by atoms with van der Waals surface area (Å²) in [6.45, 7) is 4.70. The van der Waals surface area contributed by atoms with Gasteiger partial charge in [0.05, 0.1) is 0 Å². The molecule has 0 aromatic heterocycles. The van der Waals surface area contributed by atoms with Crippen LogP contribution >= 0.6 is 0 Å². The van der Waals surface area contributed by atoms with Crippen molar-refractivity contribution in [3.05, 3.63) is 71.8 Å². The minimum atomic E-state index is 0.0960. The molecule has 100 valence electrons. The molecule has 21 heavy (non-hydrogen) atoms. The van der Waals surface area contributed by atoms with Crippen molar-refractivity contribution in [3.63, 3.8) is 0 Å². The van der Waals surface area contributed by atoms with Crippen molar-refractivity contribution in [1.29, 1.82) is 0 Å². The van der Waals surface area contributed by atoms with E-state index in [1.807, 2.05) is 0 Å². The van der Waals surface area contributed by atoms with E-state index in [1.165, 1.54) is 43.4 Å². The summed E-state index contributed by atoms with van der Waals surface area (Å²) >= 11 is 0. The second-order valence-electron chi connectivity index (χ2n) is 6.63. The summed E-state index contributed by atoms with van der Waals surface area (Å²) in [5, 5.41) is 8.47. The molecule has 4 aromatic rings. The van der Waals surface area contributed by atoms with Gasteiger partial charge in [-0.1, -0.05) is 74.5 Å². The van der Waals surface area contributed by atoms with Gasteiger partial charge in [0.15, 0.2) is 0 Å². The quantitative estimate of drug-likeness (QED) is 0.354. The van der Waals surface area contributed by atoms with Crippen LogP contribution in [0.1, 0.15) is 25.0 Å². The number of rotatable bonds is 0. The summed E-state index contributed by atoms with van der Waals surface area (Å²) in [5.41, 5.74) is 3.03. The first-order valence-electron chi connectivity index (χ1n) is 7.57. The predicted octanol–water partition coefficient (Wildman–Crippen LogP) is 5.79. The van der Waals surface area contributed by atoms with Crippen molar-refractivity contribution in [2.45, 2.75) is 19.3 Å². The van der Waals surface area contributed by atoms with Gasteiger partial charge in [0.1, 0.15) is 0 Å². The van der Waals surface area contributed by atoms with Crippen molar-refractivity contribution in [2.75, 3.05) is 0 Å². The summed E-state index contributed by atoms with van der Waals surface area (Å²) in [7, 11) is 0. The maximum atomic E-state index is 2.35. The molecule has 0 spiro atoms. The van der Waals surface area contributed by atoms with Crippen molar-refractivity contribution >= 4 is 32.3 Å². The summed E-state index contributed by atoms with van der Waals surface area (Å²) in [6.07, 6.45) is 0. The molecule has 0 N–H and O–H groups in total. The Balaban J connectivity index is 2.26. The van der Waals surface area contributed by atoms with Gasteiger partial charge in [-0.25, -0.2) is 0 Å². The molecule has 0 aliphatic heterocycles. The van der Waals surface area contributed by atoms with Crippen LogP contribution in [0, 0.1) is 0 Å². The molecule has 0 atom stereocenters. The Hall–Kier alpha value is -2.34. The molecule has 0 bridgehead atoms. The number of hydrogen-bond acceptors (Lipinski definition) is 0. The van der Waals surface area contributed by atoms with Crippen molar-refractivity contribution in [2.24, 2.45) is 0 Å². The van der Waals surface area contributed by atoms with Gasteiger partial charge >= 0.3 is 0 Å². The summed E-state index contributed by atoms with van der Waals surface area (Å²) in [5.74, 6) is 0. The maximum absolute atomic E-state index is 2.35. The molecule has 4 aromatic carbocycles. The van der Waals surface area contributed by atoms with Gasteiger partial charge < -0.3 is 0 Å². The average molecular weight is 268 g/mol. The normalized spacial score (nSPS) is 15.5. The van der Waals surface area contributed by atoms with Crippen LogP contribution in [0.3, 0.4) is 0 Å². The van der Waals surface area contributed by atoms with Gasteiger partial charge in [0.2, 0.25) is 0 Å². The third-order valence-corrected chi connectivity index (χ3v) is 5.23. The smallest absolute Gasteiger partial charge is 0.0159 e. The van der Waals surface area contributed by atoms with Gasteiger partial charge in [0, 0.05) is 5.41 Å². The molecule has 0 radical (unpaired) electrons. The first-order chi connectivity index (χ1) is 10.2. The highest BCUT2D eigenvalue weighted by Crippen LogP contribution is 2.50. The van der Waals surface area contributed by atoms with Crippen molar-refractivity contribution in [3.8, 4) is 0 Å². The first kappa shape index (κ1) is 11.3. The van der Waals surface area contributed by atoms with Crippen molar-refractivity contribution < 1.29 is 0 Å². The lowest BCUT2D eigenvalue weighted by Gasteiger charge is -2.21. The Morgan fingerprint density at radius 3 is 1.43 bits per heavy atom. The zero-order valence-electron chi connectivity index (χ0n) is 12.3. The summed E-state index contributed by atoms with van der Waals surface area (Å²) in [6, 6.07) is 22.4. The van der Waals surface area contributed by atoms with Crippen LogP contribution in [-0.4, -0.2) is 0 Å². The lowest BCUT2D eigenvalue weighted by Crippen LogP contribution is -2.14. The van der Waals surface area contributed by atoms with E-state index in [0.717, 1.165) is 0 Å². The summed E-state index contributed by atoms with van der Waals surface area (Å²) < 4.78 is 0. The highest BCUT2D eigenvalue weighted by molar-refractivity contribution is 6.28. The lowest BCUT2D eigenvalue weighted by atomic mass is 9.82. The molecule has 0 saturated heterocycles. The molecule has 1 aliphatic carbocycles. The standard InChI is InChI=1S/C21H16/c1-21(2)17-11-5-9-15-13-7-3-4-8-14(13)16-10-6-12-18(21)20(16)19(15)17/h3-12H,1-2H3. The second-order valence-corrected chi connectivity index (χ2v) is 6.63. The van der Waals surface area contributed by atoms with Crippen LogP contribution in [0.15, 0.2) is 60.7 Å². The molecule has 0 unspecified atom stereocenters. The van der Waals surface area contributed by atoms with Gasteiger partial charge in [-0.15, -0.1) is 0 Å². The largest absolute Gasteiger partial charge is 0.0616 e. The number of hydrogen-bond donors (Lipinski definition) is 0. The molecule has 0 fully saturated rings. The minimum Gasteiger partial charge on any atom is -0.0616 e. The molecule has 0 saturated carbocycles. The van der Waals surface area contributed by atoms with Crippen LogP contribution in [0.2, 0.25) is 0 Å². The second kappa shape index (κ2) is 3.46. The fourth-order valence-electron chi connectivity index (χ4n) is 4.23. The van der Waals surface area contributed by atoms with Crippen LogP contribution in [0.4, 0.5) is 0 Å². The molecule has 5 rings (SSSR count). The van der Waals surface area contributed by atoms with Gasteiger partial charge in [-0.2, -0.15) is 0 Å².